The number of aromatic amines is 1. The Bertz CT molecular complexity index is 1760. The Hall–Kier alpha value is -4.91. The van der Waals surface area contributed by atoms with E-state index in [0.29, 0.717) is 19.1 Å². The zero-order valence-electron chi connectivity index (χ0n) is 20.1. The fraction of sp³-hybridized carbons (Fsp3) is 0.100. The lowest BCUT2D eigenvalue weighted by Crippen LogP contribution is -2.26. The summed E-state index contributed by atoms with van der Waals surface area (Å²) >= 11 is 0. The van der Waals surface area contributed by atoms with E-state index in [0.717, 1.165) is 68.1 Å². The predicted octanol–water partition coefficient (Wildman–Crippen LogP) is 5.82. The lowest BCUT2D eigenvalue weighted by Gasteiger charge is -2.23. The third-order valence-corrected chi connectivity index (χ3v) is 6.79. The van der Waals surface area contributed by atoms with Crippen LogP contribution in [0.4, 0.5) is 11.8 Å². The van der Waals surface area contributed by atoms with Crippen molar-refractivity contribution in [2.24, 2.45) is 0 Å². The predicted molar refractivity (Wildman–Crippen MR) is 147 cm³/mol. The molecular weight excluding hydrogens is 460 g/mol. The maximum atomic E-state index is 6.17. The van der Waals surface area contributed by atoms with Gasteiger partial charge in [0.05, 0.1) is 23.1 Å². The van der Waals surface area contributed by atoms with E-state index in [1.807, 2.05) is 54.6 Å². The van der Waals surface area contributed by atoms with Gasteiger partial charge in [-0.15, -0.1) is 0 Å². The molecule has 0 radical (unpaired) electrons. The quantitative estimate of drug-likeness (QED) is 0.329. The summed E-state index contributed by atoms with van der Waals surface area (Å²) in [5, 5.41) is 1.03. The molecule has 4 aromatic carbocycles. The summed E-state index contributed by atoms with van der Waals surface area (Å²) in [6, 6.07) is 30.8. The highest BCUT2D eigenvalue weighted by molar-refractivity contribution is 5.91. The summed E-state index contributed by atoms with van der Waals surface area (Å²) < 4.78 is 6.17. The fourth-order valence-electron chi connectivity index (χ4n) is 4.98. The van der Waals surface area contributed by atoms with Crippen LogP contribution in [0.3, 0.4) is 0 Å². The van der Waals surface area contributed by atoms with Gasteiger partial charge in [-0.3, -0.25) is 0 Å². The molecule has 3 N–H and O–H groups in total. The zero-order chi connectivity index (χ0) is 24.8. The monoisotopic (exact) mass is 484 g/mol. The molecule has 6 aromatic rings. The van der Waals surface area contributed by atoms with Gasteiger partial charge in [-0.05, 0) is 47.5 Å². The number of hydrogen-bond acceptors (Lipinski definition) is 6. The highest BCUT2D eigenvalue weighted by Gasteiger charge is 2.21. The van der Waals surface area contributed by atoms with Crippen LogP contribution in [0, 0.1) is 0 Å². The molecule has 7 heteroatoms. The molecule has 0 unspecified atom stereocenters. The van der Waals surface area contributed by atoms with Crippen molar-refractivity contribution in [3.63, 3.8) is 0 Å². The third kappa shape index (κ3) is 3.90. The molecule has 0 aliphatic carbocycles. The SMILES string of the molecule is Nc1nc2ccc(-c3ccc4c(c3)CN(c3nc(-c5ccccc5)nc5ccccc35)CCO4)cc2[nH]1. The van der Waals surface area contributed by atoms with Crippen LogP contribution >= 0.6 is 0 Å². The highest BCUT2D eigenvalue weighted by atomic mass is 16.5. The van der Waals surface area contributed by atoms with Crippen molar-refractivity contribution in [2.45, 2.75) is 6.54 Å². The van der Waals surface area contributed by atoms with Gasteiger partial charge in [0.25, 0.3) is 0 Å². The van der Waals surface area contributed by atoms with Crippen LogP contribution in [0.5, 0.6) is 5.75 Å². The van der Waals surface area contributed by atoms with Crippen molar-refractivity contribution in [3.05, 3.63) is 96.6 Å². The van der Waals surface area contributed by atoms with Gasteiger partial charge in [0.2, 0.25) is 0 Å². The number of hydrogen-bond donors (Lipinski definition) is 2. The summed E-state index contributed by atoms with van der Waals surface area (Å²) in [4.78, 5) is 19.7. The van der Waals surface area contributed by atoms with Gasteiger partial charge in [0, 0.05) is 23.1 Å². The van der Waals surface area contributed by atoms with Gasteiger partial charge in [-0.2, -0.15) is 0 Å². The van der Waals surface area contributed by atoms with Crippen molar-refractivity contribution < 1.29 is 4.74 Å². The first-order chi connectivity index (χ1) is 18.2. The maximum absolute atomic E-state index is 6.17. The molecule has 0 saturated carbocycles. The van der Waals surface area contributed by atoms with Crippen molar-refractivity contribution in [2.75, 3.05) is 23.8 Å². The minimum atomic E-state index is 0.421. The smallest absolute Gasteiger partial charge is 0.198 e. The Morgan fingerprint density at radius 1 is 0.757 bits per heavy atom. The Morgan fingerprint density at radius 3 is 2.49 bits per heavy atom. The highest BCUT2D eigenvalue weighted by Crippen LogP contribution is 2.34. The average molecular weight is 485 g/mol. The van der Waals surface area contributed by atoms with Gasteiger partial charge in [-0.1, -0.05) is 54.6 Å². The van der Waals surface area contributed by atoms with Crippen molar-refractivity contribution >= 4 is 33.7 Å². The van der Waals surface area contributed by atoms with Crippen LogP contribution in [0.2, 0.25) is 0 Å². The minimum Gasteiger partial charge on any atom is -0.491 e. The summed E-state index contributed by atoms with van der Waals surface area (Å²) in [7, 11) is 0. The van der Waals surface area contributed by atoms with Crippen LogP contribution in [0.15, 0.2) is 91.0 Å². The Balaban J connectivity index is 1.30. The number of H-pyrrole nitrogens is 1. The topological polar surface area (TPSA) is 93.0 Å². The van der Waals surface area contributed by atoms with Crippen LogP contribution in [-0.2, 0) is 6.54 Å². The van der Waals surface area contributed by atoms with E-state index in [1.54, 1.807) is 0 Å². The molecule has 1 aliphatic rings. The molecule has 7 rings (SSSR count). The third-order valence-electron chi connectivity index (χ3n) is 6.79. The van der Waals surface area contributed by atoms with E-state index in [2.05, 4.69) is 51.3 Å². The lowest BCUT2D eigenvalue weighted by atomic mass is 10.0. The maximum Gasteiger partial charge on any atom is 0.198 e. The number of nitrogens with one attached hydrogen (secondary N) is 1. The number of benzene rings is 4. The molecule has 7 nitrogen and oxygen atoms in total. The molecule has 2 aromatic heterocycles. The van der Waals surface area contributed by atoms with E-state index in [9.17, 15) is 0 Å². The minimum absolute atomic E-state index is 0.421. The second-order valence-corrected chi connectivity index (χ2v) is 9.20. The van der Waals surface area contributed by atoms with E-state index < -0.39 is 0 Å². The number of nitrogens with two attached hydrogens (primary N) is 1. The second kappa shape index (κ2) is 8.64. The molecule has 0 spiro atoms. The summed E-state index contributed by atoms with van der Waals surface area (Å²) in [6.07, 6.45) is 0. The number of ether oxygens (including phenoxy) is 1. The standard InChI is InChI=1S/C30H24N6O/c31-30-33-25-12-10-21(17-26(25)34-30)20-11-13-27-22(16-20)18-36(14-15-37-27)29-23-8-4-5-9-24(23)32-28(35-29)19-6-2-1-3-7-19/h1-13,16-17H,14-15,18H2,(H3,31,33,34). The van der Waals surface area contributed by atoms with Crippen molar-refractivity contribution in [1.29, 1.82) is 0 Å². The first-order valence-corrected chi connectivity index (χ1v) is 12.3. The zero-order valence-corrected chi connectivity index (χ0v) is 20.1. The van der Waals surface area contributed by atoms with Gasteiger partial charge in [0.1, 0.15) is 18.2 Å². The van der Waals surface area contributed by atoms with E-state index in [4.69, 9.17) is 20.4 Å². The Kier molecular flexibility index (Phi) is 4.99. The largest absolute Gasteiger partial charge is 0.491 e. The molecule has 0 amide bonds. The first kappa shape index (κ1) is 21.4. The van der Waals surface area contributed by atoms with Crippen molar-refractivity contribution in [1.82, 2.24) is 19.9 Å². The van der Waals surface area contributed by atoms with Crippen LogP contribution < -0.4 is 15.4 Å². The normalized spacial score (nSPS) is 13.4. The second-order valence-electron chi connectivity index (χ2n) is 9.20. The van der Waals surface area contributed by atoms with Crippen molar-refractivity contribution in [3.8, 4) is 28.3 Å². The summed E-state index contributed by atoms with van der Waals surface area (Å²) in [5.41, 5.74) is 12.9. The van der Waals surface area contributed by atoms with E-state index in [-0.39, 0.29) is 0 Å². The molecule has 0 fully saturated rings. The number of aromatic nitrogens is 4. The number of anilines is 2. The molecule has 180 valence electrons. The fourth-order valence-corrected chi connectivity index (χ4v) is 4.98. The molecule has 0 atom stereocenters. The molecule has 0 bridgehead atoms. The number of imidazole rings is 1. The van der Waals surface area contributed by atoms with Gasteiger partial charge >= 0.3 is 0 Å². The summed E-state index contributed by atoms with van der Waals surface area (Å²) in [5.74, 6) is 2.96. The van der Waals surface area contributed by atoms with E-state index in [1.165, 1.54) is 0 Å². The number of para-hydroxylation sites is 1. The molecule has 0 saturated heterocycles. The van der Waals surface area contributed by atoms with Crippen LogP contribution in [0.1, 0.15) is 5.56 Å². The van der Waals surface area contributed by atoms with Crippen LogP contribution in [0.25, 0.3) is 44.5 Å². The Labute approximate surface area is 213 Å². The number of nitrogens with zero attached hydrogens (tertiary/aromatic N) is 4. The van der Waals surface area contributed by atoms with Gasteiger partial charge in [0.15, 0.2) is 11.8 Å². The average Bonchev–Trinajstić information content (AvgIpc) is 3.18. The number of nitrogen functional groups attached to an aromatic ring is 1. The lowest BCUT2D eigenvalue weighted by molar-refractivity contribution is 0.331. The first-order valence-electron chi connectivity index (χ1n) is 12.3. The molecular formula is C30H24N6O. The number of rotatable bonds is 3. The number of fused-ring (bicyclic) bond motifs is 3. The molecule has 3 heterocycles. The van der Waals surface area contributed by atoms with Gasteiger partial charge in [-0.25, -0.2) is 15.0 Å². The Morgan fingerprint density at radius 2 is 1.57 bits per heavy atom. The van der Waals surface area contributed by atoms with Crippen LogP contribution in [-0.4, -0.2) is 33.1 Å². The summed E-state index contributed by atoms with van der Waals surface area (Å²) in [6.45, 7) is 1.97. The molecule has 1 aliphatic heterocycles. The van der Waals surface area contributed by atoms with E-state index >= 15 is 0 Å². The molecule has 37 heavy (non-hydrogen) atoms. The van der Waals surface area contributed by atoms with Gasteiger partial charge < -0.3 is 20.4 Å².